The first kappa shape index (κ1) is 22.6. The Balaban J connectivity index is 1.58. The highest BCUT2D eigenvalue weighted by Gasteiger charge is 2.18. The average Bonchev–Trinajstić information content (AvgIpc) is 2.75. The quantitative estimate of drug-likeness (QED) is 0.508. The summed E-state index contributed by atoms with van der Waals surface area (Å²) in [7, 11) is -3.44. The van der Waals surface area contributed by atoms with Gasteiger partial charge in [-0.25, -0.2) is 8.42 Å². The van der Waals surface area contributed by atoms with E-state index in [0.717, 1.165) is 24.0 Å². The predicted molar refractivity (Wildman–Crippen MR) is 126 cm³/mol. The molecule has 3 aromatic rings. The Bertz CT molecular complexity index is 1110. The van der Waals surface area contributed by atoms with Crippen molar-refractivity contribution >= 4 is 21.6 Å². The monoisotopic (exact) mass is 436 g/mol. The molecule has 5 nitrogen and oxygen atoms in total. The summed E-state index contributed by atoms with van der Waals surface area (Å²) in [5.41, 5.74) is 4.25. The topological polar surface area (TPSA) is 66.5 Å². The van der Waals surface area contributed by atoms with E-state index in [9.17, 15) is 13.2 Å². The second-order valence-electron chi connectivity index (χ2n) is 7.65. The molecule has 3 rings (SSSR count). The van der Waals surface area contributed by atoms with E-state index in [4.69, 9.17) is 0 Å². The first-order valence-electron chi connectivity index (χ1n) is 10.3. The van der Waals surface area contributed by atoms with Gasteiger partial charge in [0, 0.05) is 12.1 Å². The molecule has 162 valence electrons. The van der Waals surface area contributed by atoms with Gasteiger partial charge in [0.2, 0.25) is 10.0 Å². The number of sulfonamides is 1. The van der Waals surface area contributed by atoms with Crippen molar-refractivity contribution in [2.24, 2.45) is 0 Å². The second-order valence-corrected chi connectivity index (χ2v) is 9.56. The van der Waals surface area contributed by atoms with E-state index in [0.29, 0.717) is 17.8 Å². The summed E-state index contributed by atoms with van der Waals surface area (Å²) >= 11 is 0. The zero-order chi connectivity index (χ0) is 22.3. The molecule has 0 unspecified atom stereocenters. The first-order valence-corrected chi connectivity index (χ1v) is 12.1. The summed E-state index contributed by atoms with van der Waals surface area (Å²) in [6.45, 7) is 2.74. The van der Waals surface area contributed by atoms with E-state index in [1.54, 1.807) is 30.3 Å². The van der Waals surface area contributed by atoms with Crippen molar-refractivity contribution in [3.63, 3.8) is 0 Å². The maximum absolute atomic E-state index is 12.4. The fourth-order valence-electron chi connectivity index (χ4n) is 3.35. The van der Waals surface area contributed by atoms with E-state index >= 15 is 0 Å². The number of carbonyl (C=O) groups is 1. The van der Waals surface area contributed by atoms with Crippen molar-refractivity contribution in [2.45, 2.75) is 26.3 Å². The maximum atomic E-state index is 12.4. The molecule has 0 aliphatic rings. The van der Waals surface area contributed by atoms with Gasteiger partial charge in [-0.1, -0.05) is 54.6 Å². The van der Waals surface area contributed by atoms with Crippen molar-refractivity contribution in [1.29, 1.82) is 0 Å². The highest BCUT2D eigenvalue weighted by Crippen LogP contribution is 2.22. The predicted octanol–water partition coefficient (Wildman–Crippen LogP) is 4.32. The molecule has 0 atom stereocenters. The number of nitrogens with one attached hydrogen (secondary N) is 1. The molecule has 1 amide bonds. The molecule has 0 spiro atoms. The van der Waals surface area contributed by atoms with E-state index in [2.05, 4.69) is 17.4 Å². The minimum atomic E-state index is -3.44. The van der Waals surface area contributed by atoms with Gasteiger partial charge in [0.05, 0.1) is 18.5 Å². The number of hydrogen-bond donors (Lipinski definition) is 1. The highest BCUT2D eigenvalue weighted by atomic mass is 32.2. The summed E-state index contributed by atoms with van der Waals surface area (Å²) in [4.78, 5) is 12.4. The van der Waals surface area contributed by atoms with Gasteiger partial charge in [0.15, 0.2) is 0 Å². The molecule has 3 aromatic carbocycles. The smallest absolute Gasteiger partial charge is 0.251 e. The zero-order valence-electron chi connectivity index (χ0n) is 17.9. The maximum Gasteiger partial charge on any atom is 0.251 e. The van der Waals surface area contributed by atoms with Gasteiger partial charge in [-0.3, -0.25) is 9.10 Å². The molecule has 0 radical (unpaired) electrons. The second kappa shape index (κ2) is 10.3. The van der Waals surface area contributed by atoms with Crippen LogP contribution in [-0.2, 0) is 23.0 Å². The SMILES string of the molecule is Cc1cccc(N(Cc2ccc(C(=O)NCCCc3ccccc3)cc2)S(C)(=O)=O)c1. The Labute approximate surface area is 184 Å². The van der Waals surface area contributed by atoms with Crippen molar-refractivity contribution in [2.75, 3.05) is 17.1 Å². The van der Waals surface area contributed by atoms with Crippen LogP contribution in [0.2, 0.25) is 0 Å². The van der Waals surface area contributed by atoms with Gasteiger partial charge >= 0.3 is 0 Å². The molecular formula is C25H28N2O3S. The fourth-order valence-corrected chi connectivity index (χ4v) is 4.23. The van der Waals surface area contributed by atoms with E-state index in [1.807, 2.05) is 43.3 Å². The lowest BCUT2D eigenvalue weighted by molar-refractivity contribution is 0.0953. The number of benzene rings is 3. The Hall–Kier alpha value is -3.12. The minimum Gasteiger partial charge on any atom is -0.352 e. The molecule has 0 aromatic heterocycles. The van der Waals surface area contributed by atoms with Gasteiger partial charge in [0.25, 0.3) is 5.91 Å². The lowest BCUT2D eigenvalue weighted by atomic mass is 10.1. The molecule has 31 heavy (non-hydrogen) atoms. The summed E-state index contributed by atoms with van der Waals surface area (Å²) < 4.78 is 26.0. The Morgan fingerprint density at radius 1 is 0.903 bits per heavy atom. The van der Waals surface area contributed by atoms with Crippen LogP contribution >= 0.6 is 0 Å². The standard InChI is InChI=1S/C25H28N2O3S/c1-20-8-6-12-24(18-20)27(31(2,29)30)19-22-13-15-23(16-14-22)25(28)26-17-7-11-21-9-4-3-5-10-21/h3-6,8-10,12-16,18H,7,11,17,19H2,1-2H3,(H,26,28). The Kier molecular flexibility index (Phi) is 7.47. The number of carbonyl (C=O) groups excluding carboxylic acids is 1. The van der Waals surface area contributed by atoms with Gasteiger partial charge in [-0.2, -0.15) is 0 Å². The molecule has 6 heteroatoms. The minimum absolute atomic E-state index is 0.127. The zero-order valence-corrected chi connectivity index (χ0v) is 18.7. The molecule has 0 saturated heterocycles. The Morgan fingerprint density at radius 3 is 2.26 bits per heavy atom. The third kappa shape index (κ3) is 6.69. The number of aryl methyl sites for hydroxylation is 2. The lowest BCUT2D eigenvalue weighted by Gasteiger charge is -2.23. The third-order valence-corrected chi connectivity index (χ3v) is 6.14. The van der Waals surface area contributed by atoms with Crippen LogP contribution < -0.4 is 9.62 Å². The van der Waals surface area contributed by atoms with Crippen molar-refractivity contribution in [3.8, 4) is 0 Å². The van der Waals surface area contributed by atoms with E-state index < -0.39 is 10.0 Å². The van der Waals surface area contributed by atoms with Crippen LogP contribution in [0.15, 0.2) is 78.9 Å². The molecular weight excluding hydrogens is 408 g/mol. The summed E-state index contributed by atoms with van der Waals surface area (Å²) in [5.74, 6) is -0.127. The molecule has 0 bridgehead atoms. The van der Waals surface area contributed by atoms with Gasteiger partial charge in [-0.15, -0.1) is 0 Å². The number of amides is 1. The van der Waals surface area contributed by atoms with E-state index in [1.165, 1.54) is 16.1 Å². The van der Waals surface area contributed by atoms with Crippen molar-refractivity contribution in [1.82, 2.24) is 5.32 Å². The molecule has 0 fully saturated rings. The largest absolute Gasteiger partial charge is 0.352 e. The molecule has 0 aliphatic carbocycles. The summed E-state index contributed by atoms with van der Waals surface area (Å²) in [6.07, 6.45) is 2.99. The van der Waals surface area contributed by atoms with Gasteiger partial charge in [0.1, 0.15) is 0 Å². The lowest BCUT2D eigenvalue weighted by Crippen LogP contribution is -2.29. The number of anilines is 1. The normalized spacial score (nSPS) is 11.2. The third-order valence-electron chi connectivity index (χ3n) is 5.00. The van der Waals surface area contributed by atoms with Crippen LogP contribution in [0.1, 0.15) is 33.5 Å². The van der Waals surface area contributed by atoms with Crippen molar-refractivity contribution < 1.29 is 13.2 Å². The number of rotatable bonds is 9. The van der Waals surface area contributed by atoms with Crippen LogP contribution in [0.5, 0.6) is 0 Å². The van der Waals surface area contributed by atoms with Crippen LogP contribution in [0.3, 0.4) is 0 Å². The number of nitrogens with zero attached hydrogens (tertiary/aromatic N) is 1. The van der Waals surface area contributed by atoms with Gasteiger partial charge < -0.3 is 5.32 Å². The van der Waals surface area contributed by atoms with E-state index in [-0.39, 0.29) is 12.5 Å². The Morgan fingerprint density at radius 2 is 1.61 bits per heavy atom. The molecule has 0 heterocycles. The number of hydrogen-bond acceptors (Lipinski definition) is 3. The molecule has 0 saturated carbocycles. The first-order chi connectivity index (χ1) is 14.8. The van der Waals surface area contributed by atoms with Crippen molar-refractivity contribution in [3.05, 3.63) is 101 Å². The van der Waals surface area contributed by atoms with Crippen LogP contribution in [0.4, 0.5) is 5.69 Å². The van der Waals surface area contributed by atoms with Gasteiger partial charge in [-0.05, 0) is 60.7 Å². The summed E-state index contributed by atoms with van der Waals surface area (Å²) in [5, 5.41) is 2.94. The highest BCUT2D eigenvalue weighted by molar-refractivity contribution is 7.92. The van der Waals surface area contributed by atoms with Crippen LogP contribution in [0, 0.1) is 6.92 Å². The van der Waals surface area contributed by atoms with Crippen LogP contribution in [0.25, 0.3) is 0 Å². The molecule has 1 N–H and O–H groups in total. The fraction of sp³-hybridized carbons (Fsp3) is 0.240. The average molecular weight is 437 g/mol. The summed E-state index contributed by atoms with van der Waals surface area (Å²) in [6, 6.07) is 24.6. The molecule has 0 aliphatic heterocycles. The van der Waals surface area contributed by atoms with Crippen LogP contribution in [-0.4, -0.2) is 27.1 Å².